The Morgan fingerprint density at radius 1 is 1.08 bits per heavy atom. The predicted molar refractivity (Wildman–Crippen MR) is 117 cm³/mol. The van der Waals surface area contributed by atoms with E-state index >= 15 is 0 Å². The van der Waals surface area contributed by atoms with Crippen molar-refractivity contribution in [1.29, 1.82) is 0 Å². The minimum atomic E-state index is -0.0941. The Balaban J connectivity index is 3.06. The maximum Gasteiger partial charge on any atom is 0.136 e. The lowest BCUT2D eigenvalue weighted by molar-refractivity contribution is 0.423. The number of hydrogen-bond acceptors (Lipinski definition) is 3. The summed E-state index contributed by atoms with van der Waals surface area (Å²) < 4.78 is 0.941. The highest BCUT2D eigenvalue weighted by Gasteiger charge is 2.26. The standard InChI is InChI=1S/C21H35NOS2/c1-9-10-11-22(8)19(24)25-14-15-12-16(20(2,3)4)18(23)17(13-15)21(5,6)7/h12-13,23H,9-11,14H2,1-8H3. The number of unbranched alkanes of at least 4 members (excludes halogenated alkanes) is 1. The first-order valence-electron chi connectivity index (χ1n) is 9.12. The van der Waals surface area contributed by atoms with E-state index in [4.69, 9.17) is 12.2 Å². The minimum absolute atomic E-state index is 0.0941. The summed E-state index contributed by atoms with van der Waals surface area (Å²) in [5.74, 6) is 1.28. The topological polar surface area (TPSA) is 23.5 Å². The summed E-state index contributed by atoms with van der Waals surface area (Å²) in [4.78, 5) is 2.17. The second kappa shape index (κ2) is 8.77. The smallest absolute Gasteiger partial charge is 0.136 e. The third-order valence-corrected chi connectivity index (χ3v) is 6.01. The molecule has 0 saturated carbocycles. The number of hydrogen-bond donors (Lipinski definition) is 1. The molecule has 0 bridgehead atoms. The van der Waals surface area contributed by atoms with E-state index in [2.05, 4.69) is 72.5 Å². The van der Waals surface area contributed by atoms with Gasteiger partial charge in [-0.15, -0.1) is 0 Å². The fourth-order valence-corrected chi connectivity index (χ4v) is 3.70. The van der Waals surface area contributed by atoms with Gasteiger partial charge in [-0.1, -0.05) is 91.0 Å². The highest BCUT2D eigenvalue weighted by Crippen LogP contribution is 2.40. The van der Waals surface area contributed by atoms with Crippen LogP contribution >= 0.6 is 24.0 Å². The van der Waals surface area contributed by atoms with E-state index in [9.17, 15) is 5.11 Å². The maximum absolute atomic E-state index is 10.8. The first-order chi connectivity index (χ1) is 11.4. The number of phenols is 1. The molecule has 0 aliphatic heterocycles. The Hall–Kier alpha value is -0.740. The van der Waals surface area contributed by atoms with E-state index < -0.39 is 0 Å². The van der Waals surface area contributed by atoms with Crippen LogP contribution in [0.1, 0.15) is 78.0 Å². The molecular formula is C21H35NOS2. The van der Waals surface area contributed by atoms with Gasteiger partial charge in [-0.2, -0.15) is 0 Å². The van der Waals surface area contributed by atoms with Crippen molar-refractivity contribution >= 4 is 28.3 Å². The SMILES string of the molecule is CCCCN(C)C(=S)SCc1cc(C(C)(C)C)c(O)c(C(C)(C)C)c1. The molecule has 142 valence electrons. The number of thiocarbonyl (C=S) groups is 1. The molecular weight excluding hydrogens is 346 g/mol. The number of phenolic OH excluding ortho intramolecular Hbond substituents is 1. The van der Waals surface area contributed by atoms with E-state index in [1.54, 1.807) is 11.8 Å². The Labute approximate surface area is 164 Å². The Morgan fingerprint density at radius 2 is 1.56 bits per heavy atom. The zero-order valence-corrected chi connectivity index (χ0v) is 18.8. The van der Waals surface area contributed by atoms with Gasteiger partial charge in [0.25, 0.3) is 0 Å². The minimum Gasteiger partial charge on any atom is -0.507 e. The molecule has 0 spiro atoms. The summed E-state index contributed by atoms with van der Waals surface area (Å²) in [6, 6.07) is 4.29. The van der Waals surface area contributed by atoms with Crippen LogP contribution in [0.3, 0.4) is 0 Å². The van der Waals surface area contributed by atoms with Gasteiger partial charge in [0, 0.05) is 19.3 Å². The van der Waals surface area contributed by atoms with E-state index in [1.165, 1.54) is 18.4 Å². The van der Waals surface area contributed by atoms with Gasteiger partial charge in [0.2, 0.25) is 0 Å². The Morgan fingerprint density at radius 3 is 1.96 bits per heavy atom. The normalized spacial score (nSPS) is 12.3. The third kappa shape index (κ3) is 6.49. The van der Waals surface area contributed by atoms with Crippen LogP contribution in [0.2, 0.25) is 0 Å². The van der Waals surface area contributed by atoms with Crippen LogP contribution in [0.25, 0.3) is 0 Å². The van der Waals surface area contributed by atoms with Crippen molar-refractivity contribution in [2.75, 3.05) is 13.6 Å². The molecule has 1 N–H and O–H groups in total. The summed E-state index contributed by atoms with van der Waals surface area (Å²) in [5.41, 5.74) is 3.07. The summed E-state index contributed by atoms with van der Waals surface area (Å²) in [5, 5.41) is 10.8. The zero-order valence-electron chi connectivity index (χ0n) is 17.2. The summed E-state index contributed by atoms with van der Waals surface area (Å²) >= 11 is 7.28. The second-order valence-corrected chi connectivity index (χ2v) is 10.5. The third-order valence-electron chi connectivity index (χ3n) is 4.31. The lowest BCUT2D eigenvalue weighted by atomic mass is 9.78. The van der Waals surface area contributed by atoms with Gasteiger partial charge >= 0.3 is 0 Å². The highest BCUT2D eigenvalue weighted by atomic mass is 32.2. The average molecular weight is 382 g/mol. The molecule has 1 rings (SSSR count). The van der Waals surface area contributed by atoms with Gasteiger partial charge in [0.1, 0.15) is 10.1 Å². The van der Waals surface area contributed by atoms with Gasteiger partial charge in [-0.3, -0.25) is 0 Å². The molecule has 0 heterocycles. The van der Waals surface area contributed by atoms with Crippen LogP contribution in [-0.4, -0.2) is 27.9 Å². The van der Waals surface area contributed by atoms with Gasteiger partial charge in [0.15, 0.2) is 0 Å². The Bertz CT molecular complexity index is 562. The van der Waals surface area contributed by atoms with Crippen LogP contribution in [-0.2, 0) is 16.6 Å². The molecule has 0 atom stereocenters. The van der Waals surface area contributed by atoms with Gasteiger partial charge in [-0.25, -0.2) is 0 Å². The maximum atomic E-state index is 10.8. The molecule has 0 amide bonds. The van der Waals surface area contributed by atoms with Crippen molar-refractivity contribution in [1.82, 2.24) is 4.90 Å². The molecule has 4 heteroatoms. The van der Waals surface area contributed by atoms with Crippen LogP contribution < -0.4 is 0 Å². The van der Waals surface area contributed by atoms with Crippen LogP contribution in [0.5, 0.6) is 5.75 Å². The molecule has 0 aliphatic rings. The predicted octanol–water partition coefficient (Wildman–Crippen LogP) is 6.24. The van der Waals surface area contributed by atoms with E-state index in [0.717, 1.165) is 27.7 Å². The first-order valence-corrected chi connectivity index (χ1v) is 10.5. The fourth-order valence-electron chi connectivity index (χ4n) is 2.66. The molecule has 0 aromatic heterocycles. The van der Waals surface area contributed by atoms with Gasteiger partial charge in [-0.05, 0) is 33.9 Å². The van der Waals surface area contributed by atoms with Gasteiger partial charge in [0.05, 0.1) is 0 Å². The van der Waals surface area contributed by atoms with Crippen LogP contribution in [0.15, 0.2) is 12.1 Å². The van der Waals surface area contributed by atoms with Crippen LogP contribution in [0.4, 0.5) is 0 Å². The summed E-state index contributed by atoms with van der Waals surface area (Å²) in [6.45, 7) is 16.1. The van der Waals surface area contributed by atoms with Crippen molar-refractivity contribution in [3.05, 3.63) is 28.8 Å². The number of thioether (sulfide) groups is 1. The molecule has 0 aliphatic carbocycles. The quantitative estimate of drug-likeness (QED) is 0.610. The second-order valence-electron chi connectivity index (χ2n) is 8.87. The number of aromatic hydroxyl groups is 1. The Kier molecular flexibility index (Phi) is 7.82. The summed E-state index contributed by atoms with van der Waals surface area (Å²) in [7, 11) is 2.07. The lowest BCUT2D eigenvalue weighted by Crippen LogP contribution is -2.23. The molecule has 2 nitrogen and oxygen atoms in total. The first kappa shape index (κ1) is 22.3. The van der Waals surface area contributed by atoms with Crippen molar-refractivity contribution < 1.29 is 5.11 Å². The lowest BCUT2D eigenvalue weighted by Gasteiger charge is -2.28. The molecule has 1 aromatic carbocycles. The molecule has 0 unspecified atom stereocenters. The van der Waals surface area contributed by atoms with E-state index in [1.807, 2.05) is 0 Å². The van der Waals surface area contributed by atoms with Crippen molar-refractivity contribution in [3.63, 3.8) is 0 Å². The molecule has 25 heavy (non-hydrogen) atoms. The zero-order chi connectivity index (χ0) is 19.4. The average Bonchev–Trinajstić information content (AvgIpc) is 2.48. The van der Waals surface area contributed by atoms with E-state index in [0.29, 0.717) is 5.75 Å². The molecule has 1 aromatic rings. The molecule has 0 radical (unpaired) electrons. The van der Waals surface area contributed by atoms with E-state index in [-0.39, 0.29) is 10.8 Å². The van der Waals surface area contributed by atoms with Crippen LogP contribution in [0, 0.1) is 0 Å². The molecule has 0 saturated heterocycles. The highest BCUT2D eigenvalue weighted by molar-refractivity contribution is 8.22. The number of rotatable bonds is 5. The van der Waals surface area contributed by atoms with Crippen molar-refractivity contribution in [2.24, 2.45) is 0 Å². The largest absolute Gasteiger partial charge is 0.507 e. The van der Waals surface area contributed by atoms with Crippen molar-refractivity contribution in [2.45, 2.75) is 77.9 Å². The van der Waals surface area contributed by atoms with Crippen molar-refractivity contribution in [3.8, 4) is 5.75 Å². The number of benzene rings is 1. The monoisotopic (exact) mass is 381 g/mol. The fraction of sp³-hybridized carbons (Fsp3) is 0.667. The van der Waals surface area contributed by atoms with Gasteiger partial charge < -0.3 is 10.0 Å². The summed E-state index contributed by atoms with van der Waals surface area (Å²) in [6.07, 6.45) is 2.35. The molecule has 0 fully saturated rings. The number of nitrogens with zero attached hydrogens (tertiary/aromatic N) is 1.